The van der Waals surface area contributed by atoms with E-state index < -0.39 is 0 Å². The molecule has 1 aromatic carbocycles. The molecule has 1 rings (SSSR count). The second-order valence-corrected chi connectivity index (χ2v) is 2.46. The lowest BCUT2D eigenvalue weighted by Gasteiger charge is -2.01. The van der Waals surface area contributed by atoms with Crippen molar-refractivity contribution in [3.05, 3.63) is 42.5 Å². The minimum Gasteiger partial charge on any atom is -0.268 e. The Labute approximate surface area is 76.0 Å². The summed E-state index contributed by atoms with van der Waals surface area (Å²) in [5.41, 5.74) is 1.14. The van der Waals surface area contributed by atoms with Gasteiger partial charge in [-0.05, 0) is 5.56 Å². The van der Waals surface area contributed by atoms with E-state index in [1.165, 1.54) is 0 Å². The number of hydrogen-bond acceptors (Lipinski definition) is 1. The van der Waals surface area contributed by atoms with Crippen LogP contribution in [0.4, 0.5) is 0 Å². The highest BCUT2D eigenvalue weighted by atomic mass is 35.5. The van der Waals surface area contributed by atoms with E-state index in [0.29, 0.717) is 5.57 Å². The predicted molar refractivity (Wildman–Crippen MR) is 49.5 cm³/mol. The fourth-order valence-corrected chi connectivity index (χ4v) is 0.942. The van der Waals surface area contributed by atoms with E-state index in [2.05, 4.69) is 6.58 Å². The quantitative estimate of drug-likeness (QED) is 0.549. The molecule has 0 aromatic heterocycles. The minimum absolute atomic E-state index is 0.366. The number of carbonyl (C=O) groups is 1. The lowest BCUT2D eigenvalue weighted by Crippen LogP contribution is -2.13. The fraction of sp³-hybridized carbons (Fsp3) is 0. The number of carbonyl (C=O) groups excluding carboxylic acids is 1. The SMILES string of the molecule is C=C(C(=O)NCl)c1ccccc1. The Morgan fingerprint density at radius 1 is 1.33 bits per heavy atom. The minimum atomic E-state index is -0.372. The third-order valence-electron chi connectivity index (χ3n) is 1.48. The average Bonchev–Trinajstić information content (AvgIpc) is 2.17. The van der Waals surface area contributed by atoms with Crippen molar-refractivity contribution in [2.24, 2.45) is 0 Å². The van der Waals surface area contributed by atoms with Gasteiger partial charge in [-0.3, -0.25) is 9.63 Å². The van der Waals surface area contributed by atoms with Crippen molar-refractivity contribution in [3.8, 4) is 0 Å². The van der Waals surface area contributed by atoms with Crippen LogP contribution in [0.2, 0.25) is 0 Å². The molecule has 0 heterocycles. The third-order valence-corrected chi connectivity index (χ3v) is 1.65. The standard InChI is InChI=1S/C9H8ClNO/c1-7(9(12)11-10)8-5-3-2-4-6-8/h2-6H,1H2,(H,11,12). The Kier molecular flexibility index (Phi) is 2.88. The van der Waals surface area contributed by atoms with E-state index in [-0.39, 0.29) is 5.91 Å². The highest BCUT2D eigenvalue weighted by Crippen LogP contribution is 2.11. The van der Waals surface area contributed by atoms with Gasteiger partial charge in [0.15, 0.2) is 0 Å². The van der Waals surface area contributed by atoms with Gasteiger partial charge in [0.1, 0.15) is 0 Å². The summed E-state index contributed by atoms with van der Waals surface area (Å²) in [7, 11) is 0. The zero-order valence-corrected chi connectivity index (χ0v) is 7.14. The molecule has 3 heteroatoms. The van der Waals surface area contributed by atoms with E-state index in [4.69, 9.17) is 11.8 Å². The normalized spacial score (nSPS) is 9.08. The van der Waals surface area contributed by atoms with Crippen LogP contribution in [0.5, 0.6) is 0 Å². The molecule has 0 atom stereocenters. The fourth-order valence-electron chi connectivity index (χ4n) is 0.827. The van der Waals surface area contributed by atoms with Crippen LogP contribution in [0, 0.1) is 0 Å². The smallest absolute Gasteiger partial charge is 0.265 e. The number of hydrogen-bond donors (Lipinski definition) is 1. The predicted octanol–water partition coefficient (Wildman–Crippen LogP) is 1.97. The molecule has 1 N–H and O–H groups in total. The summed E-state index contributed by atoms with van der Waals surface area (Å²) < 4.78 is 0. The van der Waals surface area contributed by atoms with Crippen LogP contribution in [0.1, 0.15) is 5.56 Å². The third kappa shape index (κ3) is 1.86. The maximum atomic E-state index is 11.0. The van der Waals surface area contributed by atoms with Crippen LogP contribution in [0.25, 0.3) is 5.57 Å². The number of rotatable bonds is 2. The van der Waals surface area contributed by atoms with Crippen LogP contribution in [-0.2, 0) is 4.79 Å². The van der Waals surface area contributed by atoms with Crippen molar-refractivity contribution in [1.29, 1.82) is 0 Å². The molecular weight excluding hydrogens is 174 g/mol. The van der Waals surface area contributed by atoms with Crippen LogP contribution < -0.4 is 4.84 Å². The average molecular weight is 182 g/mol. The number of benzene rings is 1. The molecule has 1 aromatic rings. The molecule has 0 aliphatic rings. The highest BCUT2D eigenvalue weighted by molar-refractivity contribution is 6.32. The molecule has 0 spiro atoms. The van der Waals surface area contributed by atoms with Crippen molar-refractivity contribution in [2.75, 3.05) is 0 Å². The lowest BCUT2D eigenvalue weighted by molar-refractivity contribution is -0.114. The summed E-state index contributed by atoms with van der Waals surface area (Å²) in [6.07, 6.45) is 0. The number of nitrogens with one attached hydrogen (secondary N) is 1. The van der Waals surface area contributed by atoms with Gasteiger partial charge in [0, 0.05) is 17.3 Å². The van der Waals surface area contributed by atoms with Crippen LogP contribution in [0.15, 0.2) is 36.9 Å². The molecule has 1 amide bonds. The Morgan fingerprint density at radius 3 is 2.42 bits per heavy atom. The highest BCUT2D eigenvalue weighted by Gasteiger charge is 2.06. The van der Waals surface area contributed by atoms with Crippen molar-refractivity contribution >= 4 is 23.3 Å². The first kappa shape index (κ1) is 8.81. The first-order chi connectivity index (χ1) is 5.75. The van der Waals surface area contributed by atoms with Gasteiger partial charge in [-0.15, -0.1) is 0 Å². The van der Waals surface area contributed by atoms with Crippen LogP contribution in [-0.4, -0.2) is 5.91 Å². The van der Waals surface area contributed by atoms with Gasteiger partial charge >= 0.3 is 0 Å². The van der Waals surface area contributed by atoms with Crippen molar-refractivity contribution in [3.63, 3.8) is 0 Å². The van der Waals surface area contributed by atoms with Crippen molar-refractivity contribution < 1.29 is 4.79 Å². The second kappa shape index (κ2) is 3.93. The summed E-state index contributed by atoms with van der Waals surface area (Å²) in [6, 6.07) is 9.14. The Hall–Kier alpha value is -1.28. The van der Waals surface area contributed by atoms with E-state index in [9.17, 15) is 4.79 Å². The van der Waals surface area contributed by atoms with Gasteiger partial charge in [0.05, 0.1) is 0 Å². The van der Waals surface area contributed by atoms with Crippen LogP contribution >= 0.6 is 11.8 Å². The van der Waals surface area contributed by atoms with E-state index in [0.717, 1.165) is 5.56 Å². The molecule has 0 saturated carbocycles. The molecule has 2 nitrogen and oxygen atoms in total. The van der Waals surface area contributed by atoms with Crippen molar-refractivity contribution in [1.82, 2.24) is 4.84 Å². The largest absolute Gasteiger partial charge is 0.268 e. The zero-order chi connectivity index (χ0) is 8.97. The van der Waals surface area contributed by atoms with E-state index in [1.807, 2.05) is 23.0 Å². The number of amides is 1. The molecular formula is C9H8ClNO. The molecule has 12 heavy (non-hydrogen) atoms. The van der Waals surface area contributed by atoms with E-state index in [1.54, 1.807) is 12.1 Å². The summed E-state index contributed by atoms with van der Waals surface area (Å²) in [5, 5.41) is 0. The van der Waals surface area contributed by atoms with Crippen molar-refractivity contribution in [2.45, 2.75) is 0 Å². The number of halogens is 1. The van der Waals surface area contributed by atoms with Gasteiger partial charge < -0.3 is 0 Å². The molecule has 0 aliphatic heterocycles. The Morgan fingerprint density at radius 2 is 1.92 bits per heavy atom. The van der Waals surface area contributed by atoms with E-state index >= 15 is 0 Å². The Balaban J connectivity index is 2.86. The monoisotopic (exact) mass is 181 g/mol. The molecule has 0 aliphatic carbocycles. The molecule has 0 fully saturated rings. The molecule has 0 bridgehead atoms. The first-order valence-corrected chi connectivity index (χ1v) is 3.79. The maximum absolute atomic E-state index is 11.0. The summed E-state index contributed by atoms with van der Waals surface area (Å²) in [5.74, 6) is -0.372. The molecule has 0 saturated heterocycles. The van der Waals surface area contributed by atoms with Gasteiger partial charge in [-0.2, -0.15) is 0 Å². The summed E-state index contributed by atoms with van der Waals surface area (Å²) in [6.45, 7) is 3.60. The molecule has 0 radical (unpaired) electrons. The van der Waals surface area contributed by atoms with Crippen LogP contribution in [0.3, 0.4) is 0 Å². The maximum Gasteiger partial charge on any atom is 0.265 e. The molecule has 62 valence electrons. The first-order valence-electron chi connectivity index (χ1n) is 3.41. The van der Waals surface area contributed by atoms with Gasteiger partial charge in [0.2, 0.25) is 0 Å². The lowest BCUT2D eigenvalue weighted by atomic mass is 10.1. The van der Waals surface area contributed by atoms with Gasteiger partial charge in [-0.1, -0.05) is 36.9 Å². The Bertz CT molecular complexity index is 295. The molecule has 0 unspecified atom stereocenters. The summed E-state index contributed by atoms with van der Waals surface area (Å²) in [4.78, 5) is 13.0. The zero-order valence-electron chi connectivity index (χ0n) is 6.38. The topological polar surface area (TPSA) is 29.1 Å². The van der Waals surface area contributed by atoms with Gasteiger partial charge in [0.25, 0.3) is 5.91 Å². The van der Waals surface area contributed by atoms with Gasteiger partial charge in [-0.25, -0.2) is 0 Å². The second-order valence-electron chi connectivity index (χ2n) is 2.27. The summed E-state index contributed by atoms with van der Waals surface area (Å²) >= 11 is 5.14.